The average molecular weight is 400 g/mol. The van der Waals surface area contributed by atoms with Crippen LogP contribution in [0.5, 0.6) is 0 Å². The van der Waals surface area contributed by atoms with Crippen LogP contribution in [0.15, 0.2) is 103 Å². The second kappa shape index (κ2) is 5.94. The second-order valence-electron chi connectivity index (χ2n) is 7.85. The molecule has 0 radical (unpaired) electrons. The molecule has 30 heavy (non-hydrogen) atoms. The predicted octanol–water partition coefficient (Wildman–Crippen LogP) is 8.30. The van der Waals surface area contributed by atoms with Crippen LogP contribution in [0.2, 0.25) is 0 Å². The van der Waals surface area contributed by atoms with E-state index in [1.807, 2.05) is 11.3 Å². The quantitative estimate of drug-likeness (QED) is 0.262. The summed E-state index contributed by atoms with van der Waals surface area (Å²) in [4.78, 5) is 0. The fourth-order valence-corrected chi connectivity index (χ4v) is 5.90. The van der Waals surface area contributed by atoms with Gasteiger partial charge >= 0.3 is 0 Å². The summed E-state index contributed by atoms with van der Waals surface area (Å²) in [6.07, 6.45) is 0. The molecule has 0 unspecified atom stereocenters. The van der Waals surface area contributed by atoms with Gasteiger partial charge in [0.05, 0.1) is 11.0 Å². The Labute approximate surface area is 177 Å². The first-order chi connectivity index (χ1) is 14.9. The van der Waals surface area contributed by atoms with E-state index >= 15 is 0 Å². The van der Waals surface area contributed by atoms with Gasteiger partial charge < -0.3 is 4.57 Å². The maximum Gasteiger partial charge on any atom is 0.0555 e. The lowest BCUT2D eigenvalue weighted by molar-refractivity contribution is 1.19. The van der Waals surface area contributed by atoms with Crippen LogP contribution in [0, 0.1) is 0 Å². The number of nitrogens with zero attached hydrogens (tertiary/aromatic N) is 1. The molecule has 0 atom stereocenters. The Balaban J connectivity index is 1.65. The second-order valence-corrected chi connectivity index (χ2v) is 8.93. The molecule has 1 nitrogen and oxygen atoms in total. The van der Waals surface area contributed by atoms with E-state index in [2.05, 4.69) is 108 Å². The van der Waals surface area contributed by atoms with Crippen molar-refractivity contribution in [3.05, 3.63) is 103 Å². The third kappa shape index (κ3) is 2.17. The van der Waals surface area contributed by atoms with Gasteiger partial charge in [-0.3, -0.25) is 0 Å². The van der Waals surface area contributed by atoms with Gasteiger partial charge in [-0.1, -0.05) is 66.7 Å². The molecule has 0 aliphatic rings. The highest BCUT2D eigenvalue weighted by Crippen LogP contribution is 2.40. The zero-order valence-electron chi connectivity index (χ0n) is 16.2. The Kier molecular flexibility index (Phi) is 3.21. The molecule has 7 aromatic rings. The Morgan fingerprint density at radius 3 is 2.17 bits per heavy atom. The van der Waals surface area contributed by atoms with Crippen molar-refractivity contribution in [2.45, 2.75) is 0 Å². The third-order valence-corrected chi connectivity index (χ3v) is 7.30. The van der Waals surface area contributed by atoms with Gasteiger partial charge in [-0.15, -0.1) is 11.3 Å². The summed E-state index contributed by atoms with van der Waals surface area (Å²) in [7, 11) is 0. The number of para-hydroxylation sites is 1. The van der Waals surface area contributed by atoms with Gasteiger partial charge in [-0.05, 0) is 47.2 Å². The van der Waals surface area contributed by atoms with Gasteiger partial charge in [-0.2, -0.15) is 0 Å². The SMILES string of the molecule is c1ccc2cc(-n3c4ccccc4c4cc5c(cc43)sc3ccccc35)ccc2c1. The van der Waals surface area contributed by atoms with Crippen molar-refractivity contribution >= 4 is 64.1 Å². The number of hydrogen-bond acceptors (Lipinski definition) is 1. The maximum absolute atomic E-state index is 2.42. The molecule has 0 aliphatic carbocycles. The molecule has 0 fully saturated rings. The molecule has 5 aromatic carbocycles. The highest BCUT2D eigenvalue weighted by molar-refractivity contribution is 7.25. The molecule has 0 N–H and O–H groups in total. The average Bonchev–Trinajstić information content (AvgIpc) is 3.32. The van der Waals surface area contributed by atoms with E-state index in [9.17, 15) is 0 Å². The zero-order valence-corrected chi connectivity index (χ0v) is 17.0. The number of benzene rings is 5. The van der Waals surface area contributed by atoms with Crippen molar-refractivity contribution in [3.63, 3.8) is 0 Å². The fraction of sp³-hybridized carbons (Fsp3) is 0. The van der Waals surface area contributed by atoms with Gasteiger partial charge in [0.2, 0.25) is 0 Å². The van der Waals surface area contributed by atoms with Crippen molar-refractivity contribution in [1.82, 2.24) is 4.57 Å². The topological polar surface area (TPSA) is 4.93 Å². The molecule has 2 heterocycles. The summed E-state index contributed by atoms with van der Waals surface area (Å²) >= 11 is 1.88. The van der Waals surface area contributed by atoms with Crippen LogP contribution >= 0.6 is 11.3 Å². The number of thiophene rings is 1. The van der Waals surface area contributed by atoms with Crippen molar-refractivity contribution < 1.29 is 0 Å². The van der Waals surface area contributed by atoms with Crippen LogP contribution in [0.3, 0.4) is 0 Å². The third-order valence-electron chi connectivity index (χ3n) is 6.16. The van der Waals surface area contributed by atoms with E-state index in [-0.39, 0.29) is 0 Å². The minimum absolute atomic E-state index is 1.21. The lowest BCUT2D eigenvalue weighted by atomic mass is 10.1. The number of fused-ring (bicyclic) bond motifs is 7. The molecular weight excluding hydrogens is 382 g/mol. The summed E-state index contributed by atoms with van der Waals surface area (Å²) in [6, 6.07) is 37.6. The van der Waals surface area contributed by atoms with Crippen molar-refractivity contribution in [3.8, 4) is 5.69 Å². The Morgan fingerprint density at radius 1 is 0.467 bits per heavy atom. The molecule has 0 spiro atoms. The van der Waals surface area contributed by atoms with Crippen molar-refractivity contribution in [2.75, 3.05) is 0 Å². The fourth-order valence-electron chi connectivity index (χ4n) is 4.78. The van der Waals surface area contributed by atoms with E-state index in [0.717, 1.165) is 0 Å². The molecule has 7 rings (SSSR count). The van der Waals surface area contributed by atoms with Gasteiger partial charge in [0.25, 0.3) is 0 Å². The molecule has 0 amide bonds. The predicted molar refractivity (Wildman–Crippen MR) is 131 cm³/mol. The molecular formula is C28H17NS. The summed E-state index contributed by atoms with van der Waals surface area (Å²) in [5, 5.41) is 7.86. The van der Waals surface area contributed by atoms with E-state index in [0.29, 0.717) is 0 Å². The van der Waals surface area contributed by atoms with E-state index < -0.39 is 0 Å². The molecule has 2 aromatic heterocycles. The maximum atomic E-state index is 2.42. The van der Waals surface area contributed by atoms with Gasteiger partial charge in [0.1, 0.15) is 0 Å². The Morgan fingerprint density at radius 2 is 1.23 bits per heavy atom. The van der Waals surface area contributed by atoms with Gasteiger partial charge in [-0.25, -0.2) is 0 Å². The van der Waals surface area contributed by atoms with E-state index in [1.54, 1.807) is 0 Å². The summed E-state index contributed by atoms with van der Waals surface area (Å²) in [5.41, 5.74) is 3.73. The lowest BCUT2D eigenvalue weighted by Crippen LogP contribution is -1.93. The molecule has 0 aliphatic heterocycles. The molecule has 140 valence electrons. The summed E-state index contributed by atoms with van der Waals surface area (Å²) in [6.45, 7) is 0. The van der Waals surface area contributed by atoms with Crippen molar-refractivity contribution in [2.24, 2.45) is 0 Å². The van der Waals surface area contributed by atoms with Gasteiger partial charge in [0, 0.05) is 36.6 Å². The normalized spacial score (nSPS) is 12.0. The molecule has 0 saturated carbocycles. The highest BCUT2D eigenvalue weighted by Gasteiger charge is 2.15. The standard InChI is InChI=1S/C28H17NS/c1-2-8-19-15-20(14-13-18(19)7-1)29-25-11-5-3-9-21(25)23-16-24-22-10-4-6-12-27(22)30-28(24)17-26(23)29/h1-17H. The Hall–Kier alpha value is -3.62. The number of rotatable bonds is 1. The molecule has 0 bridgehead atoms. The summed E-state index contributed by atoms with van der Waals surface area (Å²) < 4.78 is 5.11. The van der Waals surface area contributed by atoms with E-state index in [1.165, 1.54) is 58.4 Å². The van der Waals surface area contributed by atoms with Crippen LogP contribution < -0.4 is 0 Å². The number of aromatic nitrogens is 1. The zero-order chi connectivity index (χ0) is 19.7. The smallest absolute Gasteiger partial charge is 0.0555 e. The van der Waals surface area contributed by atoms with Gasteiger partial charge in [0.15, 0.2) is 0 Å². The minimum Gasteiger partial charge on any atom is -0.309 e. The van der Waals surface area contributed by atoms with Crippen LogP contribution in [-0.4, -0.2) is 4.57 Å². The van der Waals surface area contributed by atoms with E-state index in [4.69, 9.17) is 0 Å². The highest BCUT2D eigenvalue weighted by atomic mass is 32.1. The minimum atomic E-state index is 1.21. The Bertz CT molecular complexity index is 1750. The van der Waals surface area contributed by atoms with Crippen LogP contribution in [0.4, 0.5) is 0 Å². The summed E-state index contributed by atoms with van der Waals surface area (Å²) in [5.74, 6) is 0. The first kappa shape index (κ1) is 16.2. The van der Waals surface area contributed by atoms with Crippen LogP contribution in [0.1, 0.15) is 0 Å². The monoisotopic (exact) mass is 399 g/mol. The van der Waals surface area contributed by atoms with Crippen LogP contribution in [-0.2, 0) is 0 Å². The first-order valence-corrected chi connectivity index (χ1v) is 11.0. The number of hydrogen-bond donors (Lipinski definition) is 0. The van der Waals surface area contributed by atoms with Crippen LogP contribution in [0.25, 0.3) is 58.4 Å². The first-order valence-electron chi connectivity index (χ1n) is 10.2. The molecule has 2 heteroatoms. The van der Waals surface area contributed by atoms with Crippen molar-refractivity contribution in [1.29, 1.82) is 0 Å². The molecule has 0 saturated heterocycles. The lowest BCUT2D eigenvalue weighted by Gasteiger charge is -2.09. The largest absolute Gasteiger partial charge is 0.309 e.